The SMILES string of the molecule is CCc1cc(NC)nc(-c2cc(Cl)cs2)n1. The number of anilines is 1. The second-order valence-corrected chi connectivity index (χ2v) is 4.65. The summed E-state index contributed by atoms with van der Waals surface area (Å²) in [6, 6.07) is 3.85. The highest BCUT2D eigenvalue weighted by molar-refractivity contribution is 7.14. The zero-order valence-corrected chi connectivity index (χ0v) is 10.7. The fourth-order valence-corrected chi connectivity index (χ4v) is 2.35. The summed E-state index contributed by atoms with van der Waals surface area (Å²) in [6.45, 7) is 2.08. The van der Waals surface area contributed by atoms with Crippen LogP contribution in [0.2, 0.25) is 5.02 Å². The highest BCUT2D eigenvalue weighted by atomic mass is 35.5. The maximum atomic E-state index is 5.90. The summed E-state index contributed by atoms with van der Waals surface area (Å²) in [6.07, 6.45) is 0.892. The summed E-state index contributed by atoms with van der Waals surface area (Å²) in [5.41, 5.74) is 1.03. The van der Waals surface area contributed by atoms with Crippen molar-refractivity contribution in [3.05, 3.63) is 28.2 Å². The summed E-state index contributed by atoms with van der Waals surface area (Å²) in [4.78, 5) is 9.89. The van der Waals surface area contributed by atoms with Gasteiger partial charge >= 0.3 is 0 Å². The Kier molecular flexibility index (Phi) is 3.41. The molecular formula is C11H12ClN3S. The minimum Gasteiger partial charge on any atom is -0.373 e. The van der Waals surface area contributed by atoms with Gasteiger partial charge in [0.15, 0.2) is 5.82 Å². The van der Waals surface area contributed by atoms with E-state index in [9.17, 15) is 0 Å². The van der Waals surface area contributed by atoms with E-state index in [4.69, 9.17) is 11.6 Å². The second kappa shape index (κ2) is 4.80. The standard InChI is InChI=1S/C11H12ClN3S/c1-3-8-5-10(13-2)15-11(14-8)9-4-7(12)6-16-9/h4-6H,3H2,1-2H3,(H,13,14,15). The van der Waals surface area contributed by atoms with Gasteiger partial charge in [-0.25, -0.2) is 9.97 Å². The second-order valence-electron chi connectivity index (χ2n) is 3.30. The van der Waals surface area contributed by atoms with Crippen LogP contribution in [0.25, 0.3) is 10.7 Å². The maximum absolute atomic E-state index is 5.90. The van der Waals surface area contributed by atoms with Gasteiger partial charge in [-0.1, -0.05) is 18.5 Å². The molecule has 2 aromatic heterocycles. The molecule has 84 valence electrons. The van der Waals surface area contributed by atoms with E-state index >= 15 is 0 Å². The first-order valence-corrected chi connectivity index (χ1v) is 6.28. The van der Waals surface area contributed by atoms with E-state index in [2.05, 4.69) is 22.2 Å². The van der Waals surface area contributed by atoms with Crippen LogP contribution in [0.3, 0.4) is 0 Å². The van der Waals surface area contributed by atoms with Gasteiger partial charge < -0.3 is 5.32 Å². The Labute approximate surface area is 104 Å². The van der Waals surface area contributed by atoms with Gasteiger partial charge in [0.05, 0.1) is 9.90 Å². The number of nitrogens with zero attached hydrogens (tertiary/aromatic N) is 2. The van der Waals surface area contributed by atoms with Crippen molar-refractivity contribution in [1.29, 1.82) is 0 Å². The third-order valence-electron chi connectivity index (χ3n) is 2.19. The number of nitrogens with one attached hydrogen (secondary N) is 1. The molecule has 2 heterocycles. The molecule has 0 spiro atoms. The molecule has 1 N–H and O–H groups in total. The molecule has 0 bridgehead atoms. The van der Waals surface area contributed by atoms with Gasteiger partial charge in [0.2, 0.25) is 0 Å². The Morgan fingerprint density at radius 3 is 2.75 bits per heavy atom. The molecule has 0 fully saturated rings. The smallest absolute Gasteiger partial charge is 0.171 e. The lowest BCUT2D eigenvalue weighted by molar-refractivity contribution is 1.01. The fraction of sp³-hybridized carbons (Fsp3) is 0.273. The average molecular weight is 254 g/mol. The van der Waals surface area contributed by atoms with Crippen LogP contribution in [0.1, 0.15) is 12.6 Å². The van der Waals surface area contributed by atoms with E-state index in [1.165, 1.54) is 0 Å². The average Bonchev–Trinajstić information content (AvgIpc) is 2.75. The van der Waals surface area contributed by atoms with E-state index < -0.39 is 0 Å². The first kappa shape index (κ1) is 11.4. The van der Waals surface area contributed by atoms with Crippen molar-refractivity contribution in [3.8, 4) is 10.7 Å². The first-order valence-electron chi connectivity index (χ1n) is 5.03. The highest BCUT2D eigenvalue weighted by Crippen LogP contribution is 2.28. The van der Waals surface area contributed by atoms with Crippen molar-refractivity contribution in [1.82, 2.24) is 9.97 Å². The van der Waals surface area contributed by atoms with Crippen molar-refractivity contribution >= 4 is 28.8 Å². The van der Waals surface area contributed by atoms with Crippen LogP contribution >= 0.6 is 22.9 Å². The van der Waals surface area contributed by atoms with Gasteiger partial charge in [0.25, 0.3) is 0 Å². The lowest BCUT2D eigenvalue weighted by Gasteiger charge is -2.04. The quantitative estimate of drug-likeness (QED) is 0.910. The minimum atomic E-state index is 0.733. The molecule has 0 saturated carbocycles. The van der Waals surface area contributed by atoms with Crippen molar-refractivity contribution in [2.75, 3.05) is 12.4 Å². The van der Waals surface area contributed by atoms with E-state index in [-0.39, 0.29) is 0 Å². The number of hydrogen-bond acceptors (Lipinski definition) is 4. The molecule has 0 aliphatic carbocycles. The Balaban J connectivity index is 2.47. The minimum absolute atomic E-state index is 0.733. The topological polar surface area (TPSA) is 37.8 Å². The van der Waals surface area contributed by atoms with Crippen molar-refractivity contribution in [2.24, 2.45) is 0 Å². The summed E-state index contributed by atoms with van der Waals surface area (Å²) in [5, 5.41) is 5.66. The van der Waals surface area contributed by atoms with E-state index in [1.807, 2.05) is 24.6 Å². The Hall–Kier alpha value is -1.13. The Morgan fingerprint density at radius 1 is 1.38 bits per heavy atom. The molecule has 0 unspecified atom stereocenters. The summed E-state index contributed by atoms with van der Waals surface area (Å²) in [7, 11) is 1.85. The van der Waals surface area contributed by atoms with E-state index in [0.717, 1.165) is 33.7 Å². The molecular weight excluding hydrogens is 242 g/mol. The largest absolute Gasteiger partial charge is 0.373 e. The molecule has 5 heteroatoms. The predicted molar refractivity (Wildman–Crippen MR) is 69.3 cm³/mol. The monoisotopic (exact) mass is 253 g/mol. The van der Waals surface area contributed by atoms with Gasteiger partial charge in [-0.15, -0.1) is 11.3 Å². The predicted octanol–water partition coefficient (Wildman–Crippen LogP) is 3.46. The molecule has 0 amide bonds. The van der Waals surface area contributed by atoms with Crippen LogP contribution in [0.4, 0.5) is 5.82 Å². The highest BCUT2D eigenvalue weighted by Gasteiger charge is 2.07. The third kappa shape index (κ3) is 2.33. The molecule has 0 aromatic carbocycles. The lowest BCUT2D eigenvalue weighted by atomic mass is 10.3. The third-order valence-corrected chi connectivity index (χ3v) is 3.46. The molecule has 0 aliphatic heterocycles. The maximum Gasteiger partial charge on any atom is 0.171 e. The van der Waals surface area contributed by atoms with Crippen LogP contribution in [-0.2, 0) is 6.42 Å². The molecule has 0 atom stereocenters. The normalized spacial score (nSPS) is 10.4. The van der Waals surface area contributed by atoms with Gasteiger partial charge in [-0.05, 0) is 12.5 Å². The van der Waals surface area contributed by atoms with Crippen molar-refractivity contribution in [2.45, 2.75) is 13.3 Å². The van der Waals surface area contributed by atoms with Crippen LogP contribution < -0.4 is 5.32 Å². The molecule has 0 saturated heterocycles. The van der Waals surface area contributed by atoms with Crippen molar-refractivity contribution < 1.29 is 0 Å². The Morgan fingerprint density at radius 2 is 2.19 bits per heavy atom. The number of rotatable bonds is 3. The zero-order valence-electron chi connectivity index (χ0n) is 9.12. The molecule has 3 nitrogen and oxygen atoms in total. The Bertz CT molecular complexity index is 473. The molecule has 2 aromatic rings. The van der Waals surface area contributed by atoms with Gasteiger partial charge in [0, 0.05) is 24.2 Å². The van der Waals surface area contributed by atoms with Crippen LogP contribution in [-0.4, -0.2) is 17.0 Å². The zero-order chi connectivity index (χ0) is 11.5. The van der Waals surface area contributed by atoms with Gasteiger partial charge in [-0.3, -0.25) is 0 Å². The summed E-state index contributed by atoms with van der Waals surface area (Å²) >= 11 is 7.45. The molecule has 2 rings (SSSR count). The molecule has 0 aliphatic rings. The number of aryl methyl sites for hydroxylation is 1. The fourth-order valence-electron chi connectivity index (χ4n) is 1.35. The van der Waals surface area contributed by atoms with Gasteiger partial charge in [-0.2, -0.15) is 0 Å². The summed E-state index contributed by atoms with van der Waals surface area (Å²) < 4.78 is 0. The van der Waals surface area contributed by atoms with E-state index in [0.29, 0.717) is 0 Å². The van der Waals surface area contributed by atoms with Crippen LogP contribution in [0, 0.1) is 0 Å². The number of thiophene rings is 1. The van der Waals surface area contributed by atoms with Gasteiger partial charge in [0.1, 0.15) is 5.82 Å². The van der Waals surface area contributed by atoms with Crippen LogP contribution in [0.15, 0.2) is 17.5 Å². The first-order chi connectivity index (χ1) is 7.72. The summed E-state index contributed by atoms with van der Waals surface area (Å²) in [5.74, 6) is 1.58. The van der Waals surface area contributed by atoms with Crippen LogP contribution in [0.5, 0.6) is 0 Å². The molecule has 16 heavy (non-hydrogen) atoms. The van der Waals surface area contributed by atoms with Crippen molar-refractivity contribution in [3.63, 3.8) is 0 Å². The number of hydrogen-bond donors (Lipinski definition) is 1. The number of aromatic nitrogens is 2. The van der Waals surface area contributed by atoms with E-state index in [1.54, 1.807) is 11.3 Å². The molecule has 0 radical (unpaired) electrons. The lowest BCUT2D eigenvalue weighted by Crippen LogP contribution is -1.99. The number of halogens is 1.